The first-order chi connectivity index (χ1) is 10.0. The van der Waals surface area contributed by atoms with Crippen molar-refractivity contribution in [1.82, 2.24) is 4.90 Å². The summed E-state index contributed by atoms with van der Waals surface area (Å²) in [6.45, 7) is 5.65. The van der Waals surface area contributed by atoms with Gasteiger partial charge in [0.1, 0.15) is 0 Å². The number of nitrogens with zero attached hydrogens (tertiary/aromatic N) is 1. The van der Waals surface area contributed by atoms with Crippen LogP contribution in [0.3, 0.4) is 0 Å². The van der Waals surface area contributed by atoms with Crippen molar-refractivity contribution in [2.75, 3.05) is 37.3 Å². The Hall–Kier alpha value is -1.30. The molecule has 0 radical (unpaired) electrons. The van der Waals surface area contributed by atoms with Gasteiger partial charge in [0.25, 0.3) is 0 Å². The predicted molar refractivity (Wildman–Crippen MR) is 85.6 cm³/mol. The lowest BCUT2D eigenvalue weighted by atomic mass is 10.2. The molecule has 1 atom stereocenters. The zero-order valence-corrected chi connectivity index (χ0v) is 13.0. The first-order valence-electron chi connectivity index (χ1n) is 7.23. The lowest BCUT2D eigenvalue weighted by Crippen LogP contribution is -2.41. The fourth-order valence-corrected chi connectivity index (χ4v) is 2.52. The van der Waals surface area contributed by atoms with E-state index in [0.29, 0.717) is 22.8 Å². The molecule has 1 aromatic carbocycles. The van der Waals surface area contributed by atoms with Gasteiger partial charge in [0.15, 0.2) is 0 Å². The van der Waals surface area contributed by atoms with E-state index in [1.54, 1.807) is 18.2 Å². The molecule has 1 aliphatic heterocycles. The van der Waals surface area contributed by atoms with Crippen LogP contribution in [0.15, 0.2) is 18.2 Å². The molecule has 2 rings (SSSR count). The fraction of sp³-hybridized carbons (Fsp3) is 0.533. The van der Waals surface area contributed by atoms with Crippen molar-refractivity contribution in [3.63, 3.8) is 0 Å². The molecule has 0 bridgehead atoms. The van der Waals surface area contributed by atoms with E-state index in [4.69, 9.17) is 22.1 Å². The van der Waals surface area contributed by atoms with E-state index >= 15 is 0 Å². The summed E-state index contributed by atoms with van der Waals surface area (Å²) in [5, 5.41) is 3.33. The largest absolute Gasteiger partial charge is 0.397 e. The first kappa shape index (κ1) is 16.1. The van der Waals surface area contributed by atoms with Crippen LogP contribution in [0.4, 0.5) is 11.4 Å². The minimum absolute atomic E-state index is 0.00182. The molecule has 1 saturated heterocycles. The molecule has 1 amide bonds. The molecule has 6 heteroatoms. The molecule has 0 aromatic heterocycles. The number of morpholine rings is 1. The lowest BCUT2D eigenvalue weighted by Gasteiger charge is -2.30. The maximum atomic E-state index is 11.9. The number of nitrogens with two attached hydrogens (primary N) is 1. The topological polar surface area (TPSA) is 67.6 Å². The normalized spacial score (nSPS) is 19.4. The minimum atomic E-state index is -0.00182. The molecule has 0 spiro atoms. The number of anilines is 2. The second kappa shape index (κ2) is 7.64. The Labute approximate surface area is 130 Å². The predicted octanol–water partition coefficient (Wildman–Crippen LogP) is 2.36. The standard InChI is InChI=1S/C15H22ClN3O2/c1-11-10-19(7-8-21-11)6-2-3-15(20)18-12-4-5-13(16)14(17)9-12/h4-5,9,11H,2-3,6-8,10,17H2,1H3,(H,18,20). The highest BCUT2D eigenvalue weighted by atomic mass is 35.5. The van der Waals surface area contributed by atoms with E-state index in [1.807, 2.05) is 0 Å². The van der Waals surface area contributed by atoms with E-state index < -0.39 is 0 Å². The minimum Gasteiger partial charge on any atom is -0.397 e. The number of amides is 1. The summed E-state index contributed by atoms with van der Waals surface area (Å²) in [7, 11) is 0. The summed E-state index contributed by atoms with van der Waals surface area (Å²) >= 11 is 5.85. The Balaban J connectivity index is 1.70. The fourth-order valence-electron chi connectivity index (χ4n) is 2.40. The van der Waals surface area contributed by atoms with Gasteiger partial charge in [-0.3, -0.25) is 9.69 Å². The molecule has 1 aliphatic rings. The second-order valence-corrected chi connectivity index (χ2v) is 5.78. The first-order valence-corrected chi connectivity index (χ1v) is 7.61. The number of rotatable bonds is 5. The Morgan fingerprint density at radius 3 is 3.10 bits per heavy atom. The number of halogens is 1. The highest BCUT2D eigenvalue weighted by Gasteiger charge is 2.16. The number of nitrogens with one attached hydrogen (secondary N) is 1. The maximum absolute atomic E-state index is 11.9. The van der Waals surface area contributed by atoms with E-state index in [-0.39, 0.29) is 12.0 Å². The monoisotopic (exact) mass is 311 g/mol. The summed E-state index contributed by atoms with van der Waals surface area (Å²) < 4.78 is 5.49. The van der Waals surface area contributed by atoms with Crippen molar-refractivity contribution < 1.29 is 9.53 Å². The SMILES string of the molecule is CC1CN(CCCC(=O)Nc2ccc(Cl)c(N)c2)CCO1. The Kier molecular flexibility index (Phi) is 5.85. The summed E-state index contributed by atoms with van der Waals surface area (Å²) in [6.07, 6.45) is 1.61. The molecule has 1 fully saturated rings. The van der Waals surface area contributed by atoms with Crippen LogP contribution in [-0.2, 0) is 9.53 Å². The van der Waals surface area contributed by atoms with Gasteiger partial charge in [0, 0.05) is 25.2 Å². The molecule has 1 heterocycles. The summed E-state index contributed by atoms with van der Waals surface area (Å²) in [4.78, 5) is 14.2. The maximum Gasteiger partial charge on any atom is 0.224 e. The number of ether oxygens (including phenoxy) is 1. The van der Waals surface area contributed by atoms with Crippen molar-refractivity contribution >= 4 is 28.9 Å². The van der Waals surface area contributed by atoms with Gasteiger partial charge in [-0.15, -0.1) is 0 Å². The van der Waals surface area contributed by atoms with Gasteiger partial charge < -0.3 is 15.8 Å². The average Bonchev–Trinajstić information content (AvgIpc) is 2.43. The zero-order valence-electron chi connectivity index (χ0n) is 12.3. The van der Waals surface area contributed by atoms with Gasteiger partial charge in [-0.2, -0.15) is 0 Å². The van der Waals surface area contributed by atoms with Crippen LogP contribution in [0.2, 0.25) is 5.02 Å². The van der Waals surface area contributed by atoms with Gasteiger partial charge in [0.05, 0.1) is 23.4 Å². The van der Waals surface area contributed by atoms with E-state index in [2.05, 4.69) is 17.1 Å². The summed E-state index contributed by atoms with van der Waals surface area (Å²) in [6, 6.07) is 5.10. The molecular formula is C15H22ClN3O2. The number of nitrogen functional groups attached to an aromatic ring is 1. The van der Waals surface area contributed by atoms with E-state index in [0.717, 1.165) is 32.7 Å². The van der Waals surface area contributed by atoms with Gasteiger partial charge in [-0.25, -0.2) is 0 Å². The van der Waals surface area contributed by atoms with Crippen LogP contribution >= 0.6 is 11.6 Å². The lowest BCUT2D eigenvalue weighted by molar-refractivity contribution is -0.116. The van der Waals surface area contributed by atoms with Crippen LogP contribution in [0.25, 0.3) is 0 Å². The van der Waals surface area contributed by atoms with Crippen molar-refractivity contribution in [2.45, 2.75) is 25.9 Å². The molecule has 0 saturated carbocycles. The zero-order chi connectivity index (χ0) is 15.2. The van der Waals surface area contributed by atoms with Crippen LogP contribution in [0.1, 0.15) is 19.8 Å². The number of benzene rings is 1. The third-order valence-corrected chi connectivity index (χ3v) is 3.83. The van der Waals surface area contributed by atoms with Crippen molar-refractivity contribution in [3.05, 3.63) is 23.2 Å². The third kappa shape index (κ3) is 5.19. The number of hydrogen-bond acceptors (Lipinski definition) is 4. The van der Waals surface area contributed by atoms with Gasteiger partial charge in [-0.1, -0.05) is 11.6 Å². The average molecular weight is 312 g/mol. The Bertz CT molecular complexity index is 496. The second-order valence-electron chi connectivity index (χ2n) is 5.37. The number of carbonyl (C=O) groups is 1. The number of hydrogen-bond donors (Lipinski definition) is 2. The molecule has 3 N–H and O–H groups in total. The van der Waals surface area contributed by atoms with E-state index in [9.17, 15) is 4.79 Å². The highest BCUT2D eigenvalue weighted by molar-refractivity contribution is 6.33. The van der Waals surface area contributed by atoms with Crippen LogP contribution in [0.5, 0.6) is 0 Å². The summed E-state index contributed by atoms with van der Waals surface area (Å²) in [5.41, 5.74) is 6.86. The van der Waals surface area contributed by atoms with Gasteiger partial charge in [0.2, 0.25) is 5.91 Å². The molecule has 21 heavy (non-hydrogen) atoms. The Morgan fingerprint density at radius 2 is 2.38 bits per heavy atom. The number of carbonyl (C=O) groups excluding carboxylic acids is 1. The van der Waals surface area contributed by atoms with Crippen LogP contribution < -0.4 is 11.1 Å². The highest BCUT2D eigenvalue weighted by Crippen LogP contribution is 2.22. The molecular weight excluding hydrogens is 290 g/mol. The third-order valence-electron chi connectivity index (χ3n) is 3.48. The van der Waals surface area contributed by atoms with E-state index in [1.165, 1.54) is 0 Å². The molecule has 116 valence electrons. The Morgan fingerprint density at radius 1 is 1.57 bits per heavy atom. The molecule has 0 aliphatic carbocycles. The van der Waals surface area contributed by atoms with Crippen LogP contribution in [-0.4, -0.2) is 43.2 Å². The quantitative estimate of drug-likeness (QED) is 0.819. The van der Waals surface area contributed by atoms with Gasteiger partial charge >= 0.3 is 0 Å². The molecule has 1 unspecified atom stereocenters. The van der Waals surface area contributed by atoms with Crippen molar-refractivity contribution in [3.8, 4) is 0 Å². The van der Waals surface area contributed by atoms with Crippen molar-refractivity contribution in [1.29, 1.82) is 0 Å². The van der Waals surface area contributed by atoms with Crippen LogP contribution in [0, 0.1) is 0 Å². The van der Waals surface area contributed by atoms with Gasteiger partial charge in [-0.05, 0) is 38.1 Å². The smallest absolute Gasteiger partial charge is 0.224 e. The molecule has 5 nitrogen and oxygen atoms in total. The summed E-state index contributed by atoms with van der Waals surface area (Å²) in [5.74, 6) is -0.00182. The van der Waals surface area contributed by atoms with Crippen molar-refractivity contribution in [2.24, 2.45) is 0 Å². The molecule has 1 aromatic rings.